The van der Waals surface area contributed by atoms with E-state index in [1.807, 2.05) is 13.8 Å². The second-order valence-corrected chi connectivity index (χ2v) is 3.43. The largest absolute Gasteiger partial charge is 0.384 e. The Balaban J connectivity index is 2.56. The average molecular weight is 196 g/mol. The van der Waals surface area contributed by atoms with Crippen molar-refractivity contribution >= 4 is 0 Å². The van der Waals surface area contributed by atoms with Crippen LogP contribution in [0.5, 0.6) is 0 Å². The number of aryl methyl sites for hydroxylation is 1. The van der Waals surface area contributed by atoms with Crippen molar-refractivity contribution in [1.82, 2.24) is 9.97 Å². The number of ether oxygens (including phenoxy) is 1. The first-order valence-corrected chi connectivity index (χ1v) is 4.69. The Morgan fingerprint density at radius 1 is 1.50 bits per heavy atom. The summed E-state index contributed by atoms with van der Waals surface area (Å²) in [6.45, 7) is 5.92. The summed E-state index contributed by atoms with van der Waals surface area (Å²) in [6.07, 6.45) is 1.09. The van der Waals surface area contributed by atoms with Crippen molar-refractivity contribution in [3.8, 4) is 0 Å². The van der Waals surface area contributed by atoms with Crippen LogP contribution in [0.4, 0.5) is 0 Å². The molecule has 0 spiro atoms. The van der Waals surface area contributed by atoms with E-state index < -0.39 is 6.10 Å². The summed E-state index contributed by atoms with van der Waals surface area (Å²) >= 11 is 0. The van der Waals surface area contributed by atoms with Gasteiger partial charge >= 0.3 is 0 Å². The molecule has 0 aliphatic heterocycles. The molecule has 1 aromatic rings. The second-order valence-electron chi connectivity index (χ2n) is 3.43. The minimum absolute atomic E-state index is 0.118. The average Bonchev–Trinajstić information content (AvgIpc) is 2.14. The Morgan fingerprint density at radius 2 is 2.21 bits per heavy atom. The molecule has 1 rings (SSSR count). The van der Waals surface area contributed by atoms with Gasteiger partial charge in [-0.2, -0.15) is 0 Å². The highest BCUT2D eigenvalue weighted by Gasteiger charge is 2.10. The fraction of sp³-hybridized carbons (Fsp3) is 0.600. The lowest BCUT2D eigenvalue weighted by atomic mass is 10.2. The van der Waals surface area contributed by atoms with Crippen LogP contribution < -0.4 is 0 Å². The van der Waals surface area contributed by atoms with Crippen molar-refractivity contribution in [2.24, 2.45) is 0 Å². The highest BCUT2D eigenvalue weighted by Crippen LogP contribution is 2.10. The van der Waals surface area contributed by atoms with Gasteiger partial charge in [-0.25, -0.2) is 9.97 Å². The molecule has 1 heterocycles. The maximum Gasteiger partial charge on any atom is 0.125 e. The number of aromatic nitrogens is 2. The van der Waals surface area contributed by atoms with Gasteiger partial charge < -0.3 is 9.84 Å². The third-order valence-electron chi connectivity index (χ3n) is 1.73. The molecule has 4 heteroatoms. The van der Waals surface area contributed by atoms with E-state index in [1.54, 1.807) is 19.2 Å². The highest BCUT2D eigenvalue weighted by molar-refractivity contribution is 5.04. The van der Waals surface area contributed by atoms with E-state index in [1.165, 1.54) is 0 Å². The van der Waals surface area contributed by atoms with Crippen molar-refractivity contribution in [2.75, 3.05) is 6.61 Å². The van der Waals surface area contributed by atoms with Gasteiger partial charge in [-0.3, -0.25) is 0 Å². The normalized spacial score (nSPS) is 13.2. The molecule has 0 saturated carbocycles. The van der Waals surface area contributed by atoms with E-state index in [9.17, 15) is 5.11 Å². The molecule has 0 radical (unpaired) electrons. The lowest BCUT2D eigenvalue weighted by Gasteiger charge is -2.12. The molecule has 0 amide bonds. The minimum atomic E-state index is -0.668. The first-order valence-electron chi connectivity index (χ1n) is 4.69. The number of rotatable bonds is 4. The van der Waals surface area contributed by atoms with Crippen LogP contribution in [0.3, 0.4) is 0 Å². The standard InChI is InChI=1S/C10H16N2O2/c1-7(2)14-6-10(13)9-4-5-11-8(3)12-9/h4-5,7,10,13H,6H2,1-3H3. The van der Waals surface area contributed by atoms with E-state index in [0.29, 0.717) is 11.5 Å². The molecule has 14 heavy (non-hydrogen) atoms. The van der Waals surface area contributed by atoms with Gasteiger partial charge in [0.05, 0.1) is 18.4 Å². The predicted molar refractivity (Wildman–Crippen MR) is 52.8 cm³/mol. The molecule has 0 bridgehead atoms. The van der Waals surface area contributed by atoms with Crippen molar-refractivity contribution in [3.05, 3.63) is 23.8 Å². The van der Waals surface area contributed by atoms with Gasteiger partial charge in [-0.1, -0.05) is 0 Å². The molecular formula is C10H16N2O2. The summed E-state index contributed by atoms with van der Waals surface area (Å²) in [5.41, 5.74) is 0.609. The van der Waals surface area contributed by atoms with Crippen LogP contribution in [-0.2, 0) is 4.74 Å². The quantitative estimate of drug-likeness (QED) is 0.787. The van der Waals surface area contributed by atoms with Gasteiger partial charge in [0.2, 0.25) is 0 Å². The van der Waals surface area contributed by atoms with Gasteiger partial charge in [0.1, 0.15) is 11.9 Å². The summed E-state index contributed by atoms with van der Waals surface area (Å²) in [5.74, 6) is 0.658. The molecule has 1 N–H and O–H groups in total. The van der Waals surface area contributed by atoms with Gasteiger partial charge in [0.15, 0.2) is 0 Å². The molecule has 0 fully saturated rings. The predicted octanol–water partition coefficient (Wildman–Crippen LogP) is 1.24. The summed E-state index contributed by atoms with van der Waals surface area (Å²) in [4.78, 5) is 8.06. The smallest absolute Gasteiger partial charge is 0.125 e. The van der Waals surface area contributed by atoms with Crippen molar-refractivity contribution in [1.29, 1.82) is 0 Å². The number of hydrogen-bond donors (Lipinski definition) is 1. The molecule has 0 saturated heterocycles. The van der Waals surface area contributed by atoms with Crippen LogP contribution in [0.25, 0.3) is 0 Å². The third kappa shape index (κ3) is 3.40. The number of aliphatic hydroxyl groups is 1. The SMILES string of the molecule is Cc1nccc(C(O)COC(C)C)n1. The Labute approximate surface area is 84.0 Å². The molecule has 1 unspecified atom stereocenters. The zero-order valence-electron chi connectivity index (χ0n) is 8.77. The van der Waals surface area contributed by atoms with Crippen LogP contribution in [-0.4, -0.2) is 27.8 Å². The minimum Gasteiger partial charge on any atom is -0.384 e. The van der Waals surface area contributed by atoms with Gasteiger partial charge in [0.25, 0.3) is 0 Å². The lowest BCUT2D eigenvalue weighted by molar-refractivity contribution is 0.00316. The number of nitrogens with zero attached hydrogens (tertiary/aromatic N) is 2. The van der Waals surface area contributed by atoms with Crippen LogP contribution in [0.2, 0.25) is 0 Å². The Hall–Kier alpha value is -1.00. The molecule has 0 aliphatic rings. The van der Waals surface area contributed by atoms with Gasteiger partial charge in [-0.15, -0.1) is 0 Å². The molecule has 0 aliphatic carbocycles. The summed E-state index contributed by atoms with van der Waals surface area (Å²) < 4.78 is 5.29. The van der Waals surface area contributed by atoms with E-state index in [4.69, 9.17) is 4.74 Å². The fourth-order valence-corrected chi connectivity index (χ4v) is 1.03. The van der Waals surface area contributed by atoms with Crippen molar-refractivity contribution in [2.45, 2.75) is 33.0 Å². The highest BCUT2D eigenvalue weighted by atomic mass is 16.5. The zero-order chi connectivity index (χ0) is 10.6. The van der Waals surface area contributed by atoms with E-state index in [-0.39, 0.29) is 12.7 Å². The molecular weight excluding hydrogens is 180 g/mol. The van der Waals surface area contributed by atoms with Crippen molar-refractivity contribution in [3.63, 3.8) is 0 Å². The molecule has 78 valence electrons. The van der Waals surface area contributed by atoms with Gasteiger partial charge in [-0.05, 0) is 26.8 Å². The van der Waals surface area contributed by atoms with E-state index in [2.05, 4.69) is 9.97 Å². The summed E-state index contributed by atoms with van der Waals surface area (Å²) in [5, 5.41) is 9.68. The Morgan fingerprint density at radius 3 is 2.79 bits per heavy atom. The number of hydrogen-bond acceptors (Lipinski definition) is 4. The van der Waals surface area contributed by atoms with E-state index in [0.717, 1.165) is 0 Å². The fourth-order valence-electron chi connectivity index (χ4n) is 1.03. The molecule has 1 atom stereocenters. The first-order chi connectivity index (χ1) is 6.59. The Bertz CT molecular complexity index is 289. The first kappa shape index (κ1) is 11.1. The van der Waals surface area contributed by atoms with Crippen LogP contribution >= 0.6 is 0 Å². The lowest BCUT2D eigenvalue weighted by Crippen LogP contribution is -2.13. The Kier molecular flexibility index (Phi) is 3.98. The van der Waals surface area contributed by atoms with Crippen LogP contribution in [0, 0.1) is 6.92 Å². The summed E-state index contributed by atoms with van der Waals surface area (Å²) in [7, 11) is 0. The zero-order valence-corrected chi connectivity index (χ0v) is 8.77. The second kappa shape index (κ2) is 5.02. The number of aliphatic hydroxyl groups excluding tert-OH is 1. The third-order valence-corrected chi connectivity index (χ3v) is 1.73. The molecule has 0 aromatic carbocycles. The summed E-state index contributed by atoms with van der Waals surface area (Å²) in [6, 6.07) is 1.70. The maximum absolute atomic E-state index is 9.68. The van der Waals surface area contributed by atoms with Crippen molar-refractivity contribution < 1.29 is 9.84 Å². The van der Waals surface area contributed by atoms with E-state index >= 15 is 0 Å². The van der Waals surface area contributed by atoms with Crippen LogP contribution in [0.15, 0.2) is 12.3 Å². The monoisotopic (exact) mass is 196 g/mol. The van der Waals surface area contributed by atoms with Crippen LogP contribution in [0.1, 0.15) is 31.5 Å². The molecule has 1 aromatic heterocycles. The molecule has 4 nitrogen and oxygen atoms in total. The van der Waals surface area contributed by atoms with Gasteiger partial charge in [0, 0.05) is 6.20 Å². The topological polar surface area (TPSA) is 55.2 Å². The maximum atomic E-state index is 9.68.